The fraction of sp³-hybridized carbons (Fsp3) is 0.400. The first-order valence-corrected chi connectivity index (χ1v) is 6.53. The van der Waals surface area contributed by atoms with Gasteiger partial charge in [0.2, 0.25) is 0 Å². The van der Waals surface area contributed by atoms with Crippen LogP contribution >= 0.6 is 0 Å². The van der Waals surface area contributed by atoms with Gasteiger partial charge in [-0.25, -0.2) is 4.79 Å². The minimum atomic E-state index is -0.304. The molecule has 0 fully saturated rings. The van der Waals surface area contributed by atoms with Crippen LogP contribution in [0.1, 0.15) is 38.2 Å². The van der Waals surface area contributed by atoms with Crippen LogP contribution in [0.4, 0.5) is 5.69 Å². The van der Waals surface area contributed by atoms with E-state index in [1.54, 1.807) is 6.07 Å². The summed E-state index contributed by atoms with van der Waals surface area (Å²) in [6, 6.07) is 6.96. The molecule has 3 heteroatoms. The molecule has 2 rings (SSSR count). The molecule has 0 amide bonds. The Morgan fingerprint density at radius 2 is 2.00 bits per heavy atom. The maximum absolute atomic E-state index is 11.3. The first kappa shape index (κ1) is 12.7. The molecule has 1 heterocycles. The van der Waals surface area contributed by atoms with E-state index in [-0.39, 0.29) is 5.63 Å². The molecule has 0 aliphatic carbocycles. The van der Waals surface area contributed by atoms with E-state index < -0.39 is 0 Å². The largest absolute Gasteiger partial charge is 0.422 e. The fourth-order valence-electron chi connectivity index (χ4n) is 2.21. The van der Waals surface area contributed by atoms with Gasteiger partial charge in [0, 0.05) is 17.1 Å². The molecule has 2 N–H and O–H groups in total. The number of rotatable bonds is 5. The molecule has 96 valence electrons. The van der Waals surface area contributed by atoms with Crippen LogP contribution < -0.4 is 11.4 Å². The molecule has 0 spiro atoms. The number of hydrogen-bond acceptors (Lipinski definition) is 3. The summed E-state index contributed by atoms with van der Waals surface area (Å²) in [6.07, 6.45) is 5.67. The molecule has 18 heavy (non-hydrogen) atoms. The van der Waals surface area contributed by atoms with E-state index >= 15 is 0 Å². The standard InChI is InChI=1S/C15H19NO2/c1-2-3-4-5-6-11-9-13(16)10-12-7-8-14(17)18-15(11)12/h7-10H,2-6,16H2,1H3. The third kappa shape index (κ3) is 2.92. The van der Waals surface area contributed by atoms with Gasteiger partial charge in [0.25, 0.3) is 0 Å². The predicted octanol–water partition coefficient (Wildman–Crippen LogP) is 3.50. The van der Waals surface area contributed by atoms with E-state index in [2.05, 4.69) is 6.92 Å². The molecular weight excluding hydrogens is 226 g/mol. The van der Waals surface area contributed by atoms with Crippen molar-refractivity contribution in [3.63, 3.8) is 0 Å². The Hall–Kier alpha value is -1.77. The first-order chi connectivity index (χ1) is 8.70. The first-order valence-electron chi connectivity index (χ1n) is 6.53. The Labute approximate surface area is 107 Å². The molecule has 0 aliphatic heterocycles. The maximum atomic E-state index is 11.3. The minimum absolute atomic E-state index is 0.304. The minimum Gasteiger partial charge on any atom is -0.422 e. The van der Waals surface area contributed by atoms with Crippen LogP contribution in [0.3, 0.4) is 0 Å². The van der Waals surface area contributed by atoms with Crippen molar-refractivity contribution in [3.05, 3.63) is 40.2 Å². The summed E-state index contributed by atoms with van der Waals surface area (Å²) in [6.45, 7) is 2.19. The van der Waals surface area contributed by atoms with Gasteiger partial charge >= 0.3 is 5.63 Å². The van der Waals surface area contributed by atoms with Crippen molar-refractivity contribution in [2.75, 3.05) is 5.73 Å². The zero-order valence-electron chi connectivity index (χ0n) is 10.7. The second-order valence-electron chi connectivity index (χ2n) is 4.66. The summed E-state index contributed by atoms with van der Waals surface area (Å²) in [4.78, 5) is 11.3. The third-order valence-corrected chi connectivity index (χ3v) is 3.12. The van der Waals surface area contributed by atoms with Crippen LogP contribution in [0, 0.1) is 0 Å². The lowest BCUT2D eigenvalue weighted by Gasteiger charge is -2.06. The Kier molecular flexibility index (Phi) is 4.03. The zero-order valence-corrected chi connectivity index (χ0v) is 10.7. The van der Waals surface area contributed by atoms with Gasteiger partial charge in [-0.2, -0.15) is 0 Å². The van der Waals surface area contributed by atoms with Crippen LogP contribution in [0.25, 0.3) is 11.0 Å². The number of aryl methyl sites for hydroxylation is 1. The van der Waals surface area contributed by atoms with Crippen molar-refractivity contribution in [2.45, 2.75) is 39.0 Å². The Balaban J connectivity index is 2.29. The topological polar surface area (TPSA) is 56.2 Å². The summed E-state index contributed by atoms with van der Waals surface area (Å²) in [5, 5.41) is 0.903. The number of anilines is 1. The lowest BCUT2D eigenvalue weighted by atomic mass is 10.0. The van der Waals surface area contributed by atoms with Gasteiger partial charge in [0.15, 0.2) is 0 Å². The Morgan fingerprint density at radius 3 is 2.78 bits per heavy atom. The van der Waals surface area contributed by atoms with E-state index in [9.17, 15) is 4.79 Å². The normalized spacial score (nSPS) is 10.9. The van der Waals surface area contributed by atoms with E-state index in [0.29, 0.717) is 5.58 Å². The molecule has 0 aliphatic rings. The van der Waals surface area contributed by atoms with Crippen LogP contribution in [-0.4, -0.2) is 0 Å². The quantitative estimate of drug-likeness (QED) is 0.498. The van der Waals surface area contributed by atoms with Crippen molar-refractivity contribution in [1.82, 2.24) is 0 Å². The van der Waals surface area contributed by atoms with Crippen LogP contribution in [-0.2, 0) is 6.42 Å². The van der Waals surface area contributed by atoms with Crippen molar-refractivity contribution < 1.29 is 4.42 Å². The highest BCUT2D eigenvalue weighted by atomic mass is 16.4. The summed E-state index contributed by atoms with van der Waals surface area (Å²) in [5.41, 5.74) is 8.02. The number of nitrogens with two attached hydrogens (primary N) is 1. The third-order valence-electron chi connectivity index (χ3n) is 3.12. The highest BCUT2D eigenvalue weighted by Crippen LogP contribution is 2.23. The molecule has 3 nitrogen and oxygen atoms in total. The van der Waals surface area contributed by atoms with Crippen molar-refractivity contribution in [1.29, 1.82) is 0 Å². The predicted molar refractivity (Wildman–Crippen MR) is 74.7 cm³/mol. The van der Waals surface area contributed by atoms with Crippen LogP contribution in [0.2, 0.25) is 0 Å². The molecule has 0 saturated carbocycles. The van der Waals surface area contributed by atoms with Gasteiger partial charge in [0.05, 0.1) is 0 Å². The summed E-state index contributed by atoms with van der Waals surface area (Å²) in [7, 11) is 0. The highest BCUT2D eigenvalue weighted by molar-refractivity contribution is 5.83. The molecule has 0 atom stereocenters. The van der Waals surface area contributed by atoms with Gasteiger partial charge in [-0.15, -0.1) is 0 Å². The number of unbranched alkanes of at least 4 members (excludes halogenated alkanes) is 3. The second-order valence-corrected chi connectivity index (χ2v) is 4.66. The van der Waals surface area contributed by atoms with Gasteiger partial charge in [-0.3, -0.25) is 0 Å². The average Bonchev–Trinajstić information content (AvgIpc) is 2.35. The van der Waals surface area contributed by atoms with Gasteiger partial charge in [-0.05, 0) is 36.6 Å². The molecule has 0 unspecified atom stereocenters. The highest BCUT2D eigenvalue weighted by Gasteiger charge is 2.06. The summed E-state index contributed by atoms with van der Waals surface area (Å²) < 4.78 is 5.29. The molecule has 1 aromatic carbocycles. The summed E-state index contributed by atoms with van der Waals surface area (Å²) >= 11 is 0. The second kappa shape index (κ2) is 5.71. The van der Waals surface area contributed by atoms with Crippen molar-refractivity contribution in [2.24, 2.45) is 0 Å². The van der Waals surface area contributed by atoms with Crippen LogP contribution in [0.5, 0.6) is 0 Å². The SMILES string of the molecule is CCCCCCc1cc(N)cc2ccc(=O)oc12. The molecule has 0 bridgehead atoms. The number of hydrogen-bond donors (Lipinski definition) is 1. The van der Waals surface area contributed by atoms with Crippen molar-refractivity contribution in [3.8, 4) is 0 Å². The summed E-state index contributed by atoms with van der Waals surface area (Å²) in [5.74, 6) is 0. The maximum Gasteiger partial charge on any atom is 0.336 e. The lowest BCUT2D eigenvalue weighted by Crippen LogP contribution is -1.99. The van der Waals surface area contributed by atoms with Gasteiger partial charge in [0.1, 0.15) is 5.58 Å². The van der Waals surface area contributed by atoms with E-state index in [4.69, 9.17) is 10.2 Å². The van der Waals surface area contributed by atoms with Gasteiger partial charge in [-0.1, -0.05) is 26.2 Å². The Bertz CT molecular complexity index is 587. The number of benzene rings is 1. The molecule has 0 radical (unpaired) electrons. The Morgan fingerprint density at radius 1 is 1.17 bits per heavy atom. The van der Waals surface area contributed by atoms with Crippen LogP contribution in [0.15, 0.2) is 33.5 Å². The van der Waals surface area contributed by atoms with Crippen molar-refractivity contribution >= 4 is 16.7 Å². The zero-order chi connectivity index (χ0) is 13.0. The number of fused-ring (bicyclic) bond motifs is 1. The van der Waals surface area contributed by atoms with E-state index in [1.807, 2.05) is 12.1 Å². The number of nitrogen functional groups attached to an aromatic ring is 1. The molecule has 0 saturated heterocycles. The van der Waals surface area contributed by atoms with Gasteiger partial charge < -0.3 is 10.2 Å². The molecule has 2 aromatic rings. The van der Waals surface area contributed by atoms with E-state index in [1.165, 1.54) is 25.3 Å². The molecule has 1 aromatic heterocycles. The smallest absolute Gasteiger partial charge is 0.336 e. The monoisotopic (exact) mass is 245 g/mol. The molecular formula is C15H19NO2. The lowest BCUT2D eigenvalue weighted by molar-refractivity contribution is 0.554. The average molecular weight is 245 g/mol. The fourth-order valence-corrected chi connectivity index (χ4v) is 2.21. The van der Waals surface area contributed by atoms with E-state index in [0.717, 1.165) is 29.5 Å².